The summed E-state index contributed by atoms with van der Waals surface area (Å²) in [6.45, 7) is 2.52. The van der Waals surface area contributed by atoms with Crippen LogP contribution >= 0.6 is 0 Å². The Bertz CT molecular complexity index is 756. The normalized spacial score (nSPS) is 11.1. The van der Waals surface area contributed by atoms with Crippen molar-refractivity contribution in [2.24, 2.45) is 5.16 Å². The number of hydrogen-bond donors (Lipinski definition) is 1. The topological polar surface area (TPSA) is 59.9 Å². The second-order valence-electron chi connectivity index (χ2n) is 5.86. The first-order valence-corrected chi connectivity index (χ1v) is 8.83. The van der Waals surface area contributed by atoms with Crippen molar-refractivity contribution in [3.05, 3.63) is 65.2 Å². The summed E-state index contributed by atoms with van der Waals surface area (Å²) >= 11 is 0. The number of para-hydroxylation sites is 1. The number of benzene rings is 2. The average Bonchev–Trinajstić information content (AvgIpc) is 2.69. The van der Waals surface area contributed by atoms with Gasteiger partial charge in [-0.25, -0.2) is 0 Å². The maximum absolute atomic E-state index is 12.1. The van der Waals surface area contributed by atoms with E-state index in [-0.39, 0.29) is 11.6 Å². The number of unbranched alkanes of at least 4 members (excludes halogenated alkanes) is 1. The highest BCUT2D eigenvalue weighted by Crippen LogP contribution is 2.22. The number of carbonyl (C=O) groups is 1. The molecule has 0 aliphatic heterocycles. The van der Waals surface area contributed by atoms with Gasteiger partial charge in [0.1, 0.15) is 19.5 Å². The maximum Gasteiger partial charge on any atom is 0.273 e. The Balaban J connectivity index is 2.24. The summed E-state index contributed by atoms with van der Waals surface area (Å²) in [6.07, 6.45) is 3.25. The van der Waals surface area contributed by atoms with Crippen LogP contribution in [0, 0.1) is 0 Å². The standard InChI is InChI=1S/C21H26N2O3/c1-4-5-10-16-11-7-9-14-19(16)26-15-17-12-6-8-13-18(17)20(23-25-3)21(24)22-2/h6-9,11-14H,4-5,10,15H2,1-3H3,(H,22,24)/b23-20-. The minimum Gasteiger partial charge on any atom is -0.489 e. The molecule has 0 radical (unpaired) electrons. The van der Waals surface area contributed by atoms with Crippen molar-refractivity contribution in [3.8, 4) is 5.75 Å². The molecule has 2 aromatic rings. The molecule has 2 aromatic carbocycles. The van der Waals surface area contributed by atoms with E-state index in [0.717, 1.165) is 30.6 Å². The van der Waals surface area contributed by atoms with Crippen LogP contribution in [0.5, 0.6) is 5.75 Å². The van der Waals surface area contributed by atoms with Crippen LogP contribution in [-0.4, -0.2) is 25.8 Å². The van der Waals surface area contributed by atoms with Gasteiger partial charge in [-0.2, -0.15) is 0 Å². The van der Waals surface area contributed by atoms with Gasteiger partial charge in [0, 0.05) is 12.6 Å². The summed E-state index contributed by atoms with van der Waals surface area (Å²) in [7, 11) is 2.99. The molecule has 0 atom stereocenters. The Morgan fingerprint density at radius 2 is 1.77 bits per heavy atom. The van der Waals surface area contributed by atoms with Gasteiger partial charge in [-0.05, 0) is 30.0 Å². The van der Waals surface area contributed by atoms with Crippen LogP contribution in [0.2, 0.25) is 0 Å². The lowest BCUT2D eigenvalue weighted by atomic mass is 10.0. The molecule has 5 nitrogen and oxygen atoms in total. The van der Waals surface area contributed by atoms with Gasteiger partial charge in [0.25, 0.3) is 5.91 Å². The van der Waals surface area contributed by atoms with E-state index in [1.807, 2.05) is 42.5 Å². The molecule has 0 aromatic heterocycles. The zero-order valence-electron chi connectivity index (χ0n) is 15.6. The van der Waals surface area contributed by atoms with Crippen LogP contribution in [0.15, 0.2) is 53.7 Å². The zero-order chi connectivity index (χ0) is 18.8. The van der Waals surface area contributed by atoms with Gasteiger partial charge >= 0.3 is 0 Å². The third-order valence-electron chi connectivity index (χ3n) is 4.05. The molecular formula is C21H26N2O3. The van der Waals surface area contributed by atoms with Crippen LogP contribution in [0.3, 0.4) is 0 Å². The largest absolute Gasteiger partial charge is 0.489 e. The lowest BCUT2D eigenvalue weighted by Gasteiger charge is -2.14. The highest BCUT2D eigenvalue weighted by Gasteiger charge is 2.17. The number of oxime groups is 1. The molecule has 1 N–H and O–H groups in total. The Kier molecular flexibility index (Phi) is 7.68. The Hall–Kier alpha value is -2.82. The third kappa shape index (κ3) is 5.09. The third-order valence-corrected chi connectivity index (χ3v) is 4.05. The van der Waals surface area contributed by atoms with Gasteiger partial charge in [0.15, 0.2) is 5.71 Å². The predicted molar refractivity (Wildman–Crippen MR) is 103 cm³/mol. The molecule has 0 saturated carbocycles. The maximum atomic E-state index is 12.1. The van der Waals surface area contributed by atoms with Crippen molar-refractivity contribution in [2.45, 2.75) is 32.8 Å². The van der Waals surface area contributed by atoms with Crippen molar-refractivity contribution < 1.29 is 14.4 Å². The summed E-state index contributed by atoms with van der Waals surface area (Å²) in [5, 5.41) is 6.48. The number of nitrogens with zero attached hydrogens (tertiary/aromatic N) is 1. The predicted octanol–water partition coefficient (Wildman–Crippen LogP) is 3.70. The van der Waals surface area contributed by atoms with Gasteiger partial charge in [-0.1, -0.05) is 61.0 Å². The molecule has 0 spiro atoms. The number of nitrogens with one attached hydrogen (secondary N) is 1. The molecule has 5 heteroatoms. The van der Waals surface area contributed by atoms with Gasteiger partial charge < -0.3 is 14.9 Å². The minimum absolute atomic E-state index is 0.230. The fourth-order valence-corrected chi connectivity index (χ4v) is 2.67. The second-order valence-corrected chi connectivity index (χ2v) is 5.86. The van der Waals surface area contributed by atoms with Crippen molar-refractivity contribution in [1.82, 2.24) is 5.32 Å². The molecule has 0 fully saturated rings. The highest BCUT2D eigenvalue weighted by atomic mass is 16.6. The van der Waals surface area contributed by atoms with Crippen molar-refractivity contribution in [3.63, 3.8) is 0 Å². The molecule has 0 bridgehead atoms. The summed E-state index contributed by atoms with van der Waals surface area (Å²) in [5.74, 6) is 0.573. The molecule has 2 rings (SSSR count). The smallest absolute Gasteiger partial charge is 0.273 e. The Morgan fingerprint density at radius 3 is 2.46 bits per heavy atom. The minimum atomic E-state index is -0.303. The molecule has 26 heavy (non-hydrogen) atoms. The van der Waals surface area contributed by atoms with Gasteiger partial charge in [-0.3, -0.25) is 4.79 Å². The van der Waals surface area contributed by atoms with E-state index in [0.29, 0.717) is 12.2 Å². The first-order chi connectivity index (χ1) is 12.7. The highest BCUT2D eigenvalue weighted by molar-refractivity contribution is 6.45. The fraction of sp³-hybridized carbons (Fsp3) is 0.333. The lowest BCUT2D eigenvalue weighted by Crippen LogP contribution is -2.29. The summed E-state index contributed by atoms with van der Waals surface area (Å²) < 4.78 is 6.08. The molecular weight excluding hydrogens is 328 g/mol. The molecule has 0 aliphatic carbocycles. The summed E-state index contributed by atoms with van der Waals surface area (Å²) in [5.41, 5.74) is 2.99. The average molecular weight is 354 g/mol. The van der Waals surface area contributed by atoms with E-state index in [9.17, 15) is 4.79 Å². The van der Waals surface area contributed by atoms with E-state index in [1.165, 1.54) is 12.7 Å². The molecule has 0 saturated heterocycles. The lowest BCUT2D eigenvalue weighted by molar-refractivity contribution is -0.114. The number of likely N-dealkylation sites (N-methyl/N-ethyl adjacent to an activating group) is 1. The number of aryl methyl sites for hydroxylation is 1. The molecule has 0 unspecified atom stereocenters. The van der Waals surface area contributed by atoms with Gasteiger partial charge in [0.2, 0.25) is 0 Å². The Morgan fingerprint density at radius 1 is 1.08 bits per heavy atom. The van der Waals surface area contributed by atoms with E-state index in [1.54, 1.807) is 7.05 Å². The SMILES string of the molecule is CCCCc1ccccc1OCc1ccccc1/C(=N/OC)C(=O)NC. The van der Waals surface area contributed by atoms with Gasteiger partial charge in [0.05, 0.1) is 0 Å². The number of amides is 1. The summed E-state index contributed by atoms with van der Waals surface area (Å²) in [4.78, 5) is 17.0. The molecule has 138 valence electrons. The number of carbonyl (C=O) groups excluding carboxylic acids is 1. The van der Waals surface area contributed by atoms with E-state index < -0.39 is 0 Å². The van der Waals surface area contributed by atoms with E-state index in [4.69, 9.17) is 9.57 Å². The number of rotatable bonds is 9. The van der Waals surface area contributed by atoms with Crippen LogP contribution in [-0.2, 0) is 22.7 Å². The second kappa shape index (κ2) is 10.2. The van der Waals surface area contributed by atoms with Crippen molar-refractivity contribution >= 4 is 11.6 Å². The van der Waals surface area contributed by atoms with E-state index in [2.05, 4.69) is 23.5 Å². The monoisotopic (exact) mass is 354 g/mol. The first-order valence-electron chi connectivity index (χ1n) is 8.83. The quantitative estimate of drug-likeness (QED) is 0.552. The summed E-state index contributed by atoms with van der Waals surface area (Å²) in [6, 6.07) is 15.6. The van der Waals surface area contributed by atoms with Crippen LogP contribution in [0.1, 0.15) is 36.5 Å². The fourth-order valence-electron chi connectivity index (χ4n) is 2.67. The first kappa shape index (κ1) is 19.5. The molecule has 0 aliphatic rings. The van der Waals surface area contributed by atoms with Crippen LogP contribution < -0.4 is 10.1 Å². The Labute approximate surface area is 155 Å². The van der Waals surface area contributed by atoms with E-state index >= 15 is 0 Å². The number of hydrogen-bond acceptors (Lipinski definition) is 4. The zero-order valence-corrected chi connectivity index (χ0v) is 15.6. The van der Waals surface area contributed by atoms with Crippen molar-refractivity contribution in [2.75, 3.05) is 14.2 Å². The van der Waals surface area contributed by atoms with Gasteiger partial charge in [-0.15, -0.1) is 0 Å². The molecule has 1 amide bonds. The van der Waals surface area contributed by atoms with Crippen LogP contribution in [0.25, 0.3) is 0 Å². The number of ether oxygens (including phenoxy) is 1. The van der Waals surface area contributed by atoms with Crippen molar-refractivity contribution in [1.29, 1.82) is 0 Å². The van der Waals surface area contributed by atoms with Crippen LogP contribution in [0.4, 0.5) is 0 Å². The molecule has 0 heterocycles.